The van der Waals surface area contributed by atoms with Crippen molar-refractivity contribution < 1.29 is 19.0 Å². The predicted molar refractivity (Wildman–Crippen MR) is 112 cm³/mol. The molecule has 1 aliphatic heterocycles. The zero-order valence-electron chi connectivity index (χ0n) is 16.0. The van der Waals surface area contributed by atoms with Gasteiger partial charge in [0.25, 0.3) is 5.91 Å². The molecule has 29 heavy (non-hydrogen) atoms. The van der Waals surface area contributed by atoms with E-state index < -0.39 is 0 Å². The number of hydrogen-bond acceptors (Lipinski definition) is 5. The number of carbonyl (C=O) groups excluding carboxylic acids is 1. The van der Waals surface area contributed by atoms with Crippen LogP contribution in [-0.4, -0.2) is 23.9 Å². The van der Waals surface area contributed by atoms with E-state index in [1.807, 2.05) is 67.1 Å². The minimum Gasteiger partial charge on any atom is -0.493 e. The van der Waals surface area contributed by atoms with Gasteiger partial charge in [-0.2, -0.15) is 4.99 Å². The highest BCUT2D eigenvalue weighted by atomic mass is 32.1. The van der Waals surface area contributed by atoms with Gasteiger partial charge in [0.05, 0.1) is 22.4 Å². The molecule has 0 atom stereocenters. The van der Waals surface area contributed by atoms with Gasteiger partial charge in [0.1, 0.15) is 5.75 Å². The van der Waals surface area contributed by atoms with E-state index in [2.05, 4.69) is 4.99 Å². The Morgan fingerprint density at radius 2 is 1.97 bits per heavy atom. The number of amides is 1. The molecule has 7 heteroatoms. The van der Waals surface area contributed by atoms with Crippen molar-refractivity contribution in [1.29, 1.82) is 0 Å². The zero-order valence-corrected chi connectivity index (χ0v) is 16.8. The molecule has 0 aliphatic carbocycles. The van der Waals surface area contributed by atoms with Crippen LogP contribution in [0.15, 0.2) is 53.5 Å². The fourth-order valence-corrected chi connectivity index (χ4v) is 4.54. The summed E-state index contributed by atoms with van der Waals surface area (Å²) in [4.78, 5) is 18.3. The average Bonchev–Trinajstić information content (AvgIpc) is 3.30. The maximum atomic E-state index is 13.3. The van der Waals surface area contributed by atoms with E-state index in [4.69, 9.17) is 14.2 Å². The third kappa shape index (κ3) is 2.94. The van der Waals surface area contributed by atoms with Gasteiger partial charge in [-0.15, -0.1) is 0 Å². The highest BCUT2D eigenvalue weighted by Gasteiger charge is 2.19. The number of benzene rings is 3. The van der Waals surface area contributed by atoms with Crippen LogP contribution in [0.3, 0.4) is 0 Å². The first kappa shape index (κ1) is 17.8. The van der Waals surface area contributed by atoms with Gasteiger partial charge in [-0.1, -0.05) is 41.7 Å². The van der Waals surface area contributed by atoms with E-state index in [1.165, 1.54) is 11.3 Å². The number of ether oxygens (including phenoxy) is 3. The maximum absolute atomic E-state index is 13.3. The molecule has 1 amide bonds. The minimum atomic E-state index is -0.326. The van der Waals surface area contributed by atoms with Gasteiger partial charge < -0.3 is 18.8 Å². The number of aryl methyl sites for hydroxylation is 1. The number of thiazole rings is 1. The van der Waals surface area contributed by atoms with E-state index in [0.29, 0.717) is 34.2 Å². The van der Waals surface area contributed by atoms with E-state index in [-0.39, 0.29) is 12.7 Å². The molecule has 5 rings (SSSR count). The van der Waals surface area contributed by atoms with Gasteiger partial charge in [-0.05, 0) is 23.8 Å². The molecule has 0 saturated carbocycles. The quantitative estimate of drug-likeness (QED) is 0.510. The highest BCUT2D eigenvalue weighted by molar-refractivity contribution is 7.16. The lowest BCUT2D eigenvalue weighted by atomic mass is 10.0. The molecule has 0 bridgehead atoms. The summed E-state index contributed by atoms with van der Waals surface area (Å²) in [6.45, 7) is 2.60. The van der Waals surface area contributed by atoms with Crippen molar-refractivity contribution in [2.45, 2.75) is 6.92 Å². The Kier molecular flexibility index (Phi) is 4.24. The monoisotopic (exact) mass is 406 g/mol. The van der Waals surface area contributed by atoms with Gasteiger partial charge in [0.2, 0.25) is 6.79 Å². The van der Waals surface area contributed by atoms with E-state index in [9.17, 15) is 4.79 Å². The summed E-state index contributed by atoms with van der Waals surface area (Å²) < 4.78 is 19.5. The number of fused-ring (bicyclic) bond motifs is 3. The van der Waals surface area contributed by atoms with Gasteiger partial charge in [-0.3, -0.25) is 4.79 Å². The molecule has 0 radical (unpaired) electrons. The molecule has 4 aromatic rings. The summed E-state index contributed by atoms with van der Waals surface area (Å²) in [6.07, 6.45) is 0. The van der Waals surface area contributed by atoms with Crippen LogP contribution in [0.1, 0.15) is 17.3 Å². The van der Waals surface area contributed by atoms with Crippen LogP contribution in [0.4, 0.5) is 0 Å². The Hall–Kier alpha value is -3.32. The summed E-state index contributed by atoms with van der Waals surface area (Å²) in [7, 11) is 1.89. The summed E-state index contributed by atoms with van der Waals surface area (Å²) in [5.74, 6) is 1.64. The number of hydrogen-bond donors (Lipinski definition) is 0. The van der Waals surface area contributed by atoms with E-state index in [0.717, 1.165) is 21.0 Å². The zero-order chi connectivity index (χ0) is 20.0. The van der Waals surface area contributed by atoms with E-state index >= 15 is 0 Å². The van der Waals surface area contributed by atoms with Crippen molar-refractivity contribution in [1.82, 2.24) is 4.57 Å². The number of aromatic nitrogens is 1. The lowest BCUT2D eigenvalue weighted by molar-refractivity contribution is 0.0996. The van der Waals surface area contributed by atoms with Crippen molar-refractivity contribution in [3.63, 3.8) is 0 Å². The van der Waals surface area contributed by atoms with Crippen LogP contribution in [0, 0.1) is 0 Å². The number of carbonyl (C=O) groups is 1. The standard InChI is InChI=1S/C22H18N2O4S/c1-3-26-16-9-8-13-6-4-5-7-14(13)20(16)21(25)23-22-24(2)15-10-17-18(28-12-27-17)11-19(15)29-22/h4-11H,3,12H2,1-2H3. The van der Waals surface area contributed by atoms with Crippen LogP contribution in [-0.2, 0) is 7.05 Å². The Morgan fingerprint density at radius 3 is 2.79 bits per heavy atom. The molecule has 0 saturated heterocycles. The normalized spacial score (nSPS) is 13.4. The first-order valence-electron chi connectivity index (χ1n) is 9.28. The molecule has 1 aromatic heterocycles. The van der Waals surface area contributed by atoms with E-state index in [1.54, 1.807) is 0 Å². The van der Waals surface area contributed by atoms with Crippen LogP contribution in [0.5, 0.6) is 17.2 Å². The third-order valence-electron chi connectivity index (χ3n) is 4.91. The molecular formula is C22H18N2O4S. The molecule has 146 valence electrons. The largest absolute Gasteiger partial charge is 0.493 e. The number of nitrogens with zero attached hydrogens (tertiary/aromatic N) is 2. The molecule has 1 aliphatic rings. The first-order valence-corrected chi connectivity index (χ1v) is 10.1. The fourth-order valence-electron chi connectivity index (χ4n) is 3.51. The second-order valence-corrected chi connectivity index (χ2v) is 7.64. The summed E-state index contributed by atoms with van der Waals surface area (Å²) >= 11 is 1.44. The van der Waals surface area contributed by atoms with Crippen LogP contribution in [0.25, 0.3) is 21.0 Å². The predicted octanol–water partition coefficient (Wildman–Crippen LogP) is 4.26. The van der Waals surface area contributed by atoms with Gasteiger partial charge in [-0.25, -0.2) is 0 Å². The minimum absolute atomic E-state index is 0.229. The smallest absolute Gasteiger partial charge is 0.284 e. The second-order valence-electron chi connectivity index (χ2n) is 6.63. The fraction of sp³-hybridized carbons (Fsp3) is 0.182. The first-order chi connectivity index (χ1) is 14.2. The van der Waals surface area contributed by atoms with Gasteiger partial charge >= 0.3 is 0 Å². The third-order valence-corrected chi connectivity index (χ3v) is 6.00. The lowest BCUT2D eigenvalue weighted by Crippen LogP contribution is -2.14. The van der Waals surface area contributed by atoms with Crippen molar-refractivity contribution in [2.75, 3.05) is 13.4 Å². The summed E-state index contributed by atoms with van der Waals surface area (Å²) in [5, 5.41) is 1.80. The molecule has 0 fully saturated rings. The molecule has 6 nitrogen and oxygen atoms in total. The average molecular weight is 406 g/mol. The Morgan fingerprint density at radius 1 is 1.17 bits per heavy atom. The van der Waals surface area contributed by atoms with Gasteiger partial charge in [0, 0.05) is 19.2 Å². The van der Waals surface area contributed by atoms with Crippen molar-refractivity contribution in [3.8, 4) is 17.2 Å². The molecular weight excluding hydrogens is 388 g/mol. The van der Waals surface area contributed by atoms with Crippen LogP contribution >= 0.6 is 11.3 Å². The molecule has 0 unspecified atom stereocenters. The van der Waals surface area contributed by atoms with Crippen LogP contribution in [0.2, 0.25) is 0 Å². The van der Waals surface area contributed by atoms with Crippen molar-refractivity contribution in [3.05, 3.63) is 58.9 Å². The highest BCUT2D eigenvalue weighted by Crippen LogP contribution is 2.36. The molecule has 3 aromatic carbocycles. The molecule has 2 heterocycles. The van der Waals surface area contributed by atoms with Crippen molar-refractivity contribution >= 4 is 38.2 Å². The lowest BCUT2D eigenvalue weighted by Gasteiger charge is -2.10. The Labute approximate surface area is 170 Å². The Bertz CT molecular complexity index is 1340. The SMILES string of the molecule is CCOc1ccc2ccccc2c1C(=O)N=c1sc2cc3c(cc2n1C)OCO3. The second kappa shape index (κ2) is 6.93. The summed E-state index contributed by atoms with van der Waals surface area (Å²) in [6, 6.07) is 15.4. The molecule has 0 N–H and O–H groups in total. The van der Waals surface area contributed by atoms with Crippen molar-refractivity contribution in [2.24, 2.45) is 12.0 Å². The Balaban J connectivity index is 1.68. The molecule has 0 spiro atoms. The maximum Gasteiger partial charge on any atom is 0.284 e. The van der Waals surface area contributed by atoms with Crippen LogP contribution < -0.4 is 19.0 Å². The summed E-state index contributed by atoms with van der Waals surface area (Å²) in [5.41, 5.74) is 1.42. The topological polar surface area (TPSA) is 62.0 Å². The number of rotatable bonds is 3. The van der Waals surface area contributed by atoms with Gasteiger partial charge in [0.15, 0.2) is 16.3 Å².